The van der Waals surface area contributed by atoms with Gasteiger partial charge in [-0.1, -0.05) is 57.9 Å². The van der Waals surface area contributed by atoms with Crippen LogP contribution in [0.2, 0.25) is 0 Å². The van der Waals surface area contributed by atoms with Gasteiger partial charge in [0.2, 0.25) is 0 Å². The van der Waals surface area contributed by atoms with E-state index in [4.69, 9.17) is 0 Å². The lowest BCUT2D eigenvalue weighted by Crippen LogP contribution is -2.15. The summed E-state index contributed by atoms with van der Waals surface area (Å²) in [7, 11) is 0. The first kappa shape index (κ1) is 13.6. The van der Waals surface area contributed by atoms with E-state index in [1.54, 1.807) is 0 Å². The molecule has 1 aliphatic carbocycles. The van der Waals surface area contributed by atoms with Crippen molar-refractivity contribution in [3.8, 4) is 0 Å². The smallest absolute Gasteiger partial charge is 0.0820 e. The van der Waals surface area contributed by atoms with Crippen LogP contribution in [0.3, 0.4) is 0 Å². The van der Waals surface area contributed by atoms with Gasteiger partial charge in [0.15, 0.2) is 0 Å². The molecule has 0 saturated heterocycles. The van der Waals surface area contributed by atoms with E-state index in [0.717, 1.165) is 12.0 Å². The maximum Gasteiger partial charge on any atom is 0.0820 e. The van der Waals surface area contributed by atoms with Crippen LogP contribution >= 0.6 is 0 Å². The SMILES string of the molecule is CC(C)Cc1ccc(C(O)C2CCCC2C)cc1. The van der Waals surface area contributed by atoms with E-state index in [1.165, 1.54) is 24.8 Å². The number of aliphatic hydroxyl groups is 1. The largest absolute Gasteiger partial charge is 0.388 e. The molecule has 0 aliphatic heterocycles. The Morgan fingerprint density at radius 3 is 2.33 bits per heavy atom. The molecule has 18 heavy (non-hydrogen) atoms. The van der Waals surface area contributed by atoms with Gasteiger partial charge < -0.3 is 5.11 Å². The first-order valence-corrected chi connectivity index (χ1v) is 7.35. The zero-order chi connectivity index (χ0) is 13.1. The Bertz CT molecular complexity index is 366. The van der Waals surface area contributed by atoms with Crippen molar-refractivity contribution >= 4 is 0 Å². The zero-order valence-corrected chi connectivity index (χ0v) is 11.9. The fraction of sp³-hybridized carbons (Fsp3) is 0.647. The van der Waals surface area contributed by atoms with Crippen LogP contribution in [-0.4, -0.2) is 5.11 Å². The Balaban J connectivity index is 2.04. The highest BCUT2D eigenvalue weighted by Crippen LogP contribution is 2.39. The van der Waals surface area contributed by atoms with Gasteiger partial charge in [0, 0.05) is 0 Å². The van der Waals surface area contributed by atoms with Crippen LogP contribution in [0, 0.1) is 17.8 Å². The van der Waals surface area contributed by atoms with Crippen molar-refractivity contribution in [3.63, 3.8) is 0 Å². The van der Waals surface area contributed by atoms with Gasteiger partial charge in [0.25, 0.3) is 0 Å². The minimum atomic E-state index is -0.268. The van der Waals surface area contributed by atoms with Crippen molar-refractivity contribution in [1.29, 1.82) is 0 Å². The summed E-state index contributed by atoms with van der Waals surface area (Å²) >= 11 is 0. The van der Waals surface area contributed by atoms with Crippen molar-refractivity contribution in [2.45, 2.75) is 52.6 Å². The quantitative estimate of drug-likeness (QED) is 0.837. The number of rotatable bonds is 4. The van der Waals surface area contributed by atoms with Gasteiger partial charge >= 0.3 is 0 Å². The summed E-state index contributed by atoms with van der Waals surface area (Å²) in [6, 6.07) is 8.59. The molecular weight excluding hydrogens is 220 g/mol. The van der Waals surface area contributed by atoms with Crippen LogP contribution in [0.1, 0.15) is 57.3 Å². The number of hydrogen-bond donors (Lipinski definition) is 1. The molecular formula is C17H26O. The molecule has 1 aromatic carbocycles. The number of aliphatic hydroxyl groups excluding tert-OH is 1. The second kappa shape index (κ2) is 5.88. The Morgan fingerprint density at radius 2 is 1.83 bits per heavy atom. The molecule has 1 saturated carbocycles. The molecule has 0 aromatic heterocycles. The zero-order valence-electron chi connectivity index (χ0n) is 11.9. The van der Waals surface area contributed by atoms with Gasteiger partial charge in [0.1, 0.15) is 0 Å². The molecule has 0 radical (unpaired) electrons. The van der Waals surface area contributed by atoms with E-state index in [-0.39, 0.29) is 6.10 Å². The molecule has 0 amide bonds. The molecule has 1 aliphatic rings. The average molecular weight is 246 g/mol. The highest BCUT2D eigenvalue weighted by atomic mass is 16.3. The number of benzene rings is 1. The molecule has 3 atom stereocenters. The van der Waals surface area contributed by atoms with Crippen molar-refractivity contribution in [2.24, 2.45) is 17.8 Å². The van der Waals surface area contributed by atoms with Gasteiger partial charge in [-0.25, -0.2) is 0 Å². The predicted molar refractivity (Wildman–Crippen MR) is 76.4 cm³/mol. The van der Waals surface area contributed by atoms with Crippen molar-refractivity contribution in [2.75, 3.05) is 0 Å². The molecule has 100 valence electrons. The van der Waals surface area contributed by atoms with Crippen LogP contribution in [0.15, 0.2) is 24.3 Å². The summed E-state index contributed by atoms with van der Waals surface area (Å²) < 4.78 is 0. The Kier molecular flexibility index (Phi) is 4.45. The molecule has 1 heteroatoms. The van der Waals surface area contributed by atoms with Crippen molar-refractivity contribution in [1.82, 2.24) is 0 Å². The summed E-state index contributed by atoms with van der Waals surface area (Å²) in [6.07, 6.45) is 4.57. The normalized spacial score (nSPS) is 25.6. The summed E-state index contributed by atoms with van der Waals surface area (Å²) in [6.45, 7) is 6.75. The summed E-state index contributed by atoms with van der Waals surface area (Å²) in [5.41, 5.74) is 2.47. The van der Waals surface area contributed by atoms with E-state index >= 15 is 0 Å². The molecule has 0 bridgehead atoms. The lowest BCUT2D eigenvalue weighted by Gasteiger charge is -2.22. The van der Waals surface area contributed by atoms with Gasteiger partial charge in [-0.15, -0.1) is 0 Å². The third-order valence-electron chi connectivity index (χ3n) is 4.30. The average Bonchev–Trinajstić information content (AvgIpc) is 2.75. The van der Waals surface area contributed by atoms with Crippen LogP contribution in [0.4, 0.5) is 0 Å². The predicted octanol–water partition coefficient (Wildman–Crippen LogP) is 4.35. The molecule has 2 rings (SSSR count). The Labute approximate surface area is 111 Å². The van der Waals surface area contributed by atoms with E-state index in [9.17, 15) is 5.11 Å². The van der Waals surface area contributed by atoms with E-state index in [2.05, 4.69) is 45.0 Å². The van der Waals surface area contributed by atoms with Crippen molar-refractivity contribution in [3.05, 3.63) is 35.4 Å². The summed E-state index contributed by atoms with van der Waals surface area (Å²) in [4.78, 5) is 0. The van der Waals surface area contributed by atoms with E-state index < -0.39 is 0 Å². The Hall–Kier alpha value is -0.820. The minimum Gasteiger partial charge on any atom is -0.388 e. The topological polar surface area (TPSA) is 20.2 Å². The molecule has 1 nitrogen and oxygen atoms in total. The first-order valence-electron chi connectivity index (χ1n) is 7.35. The first-order chi connectivity index (χ1) is 8.58. The summed E-state index contributed by atoms with van der Waals surface area (Å²) in [5, 5.41) is 10.5. The van der Waals surface area contributed by atoms with E-state index in [0.29, 0.717) is 17.8 Å². The van der Waals surface area contributed by atoms with Crippen LogP contribution < -0.4 is 0 Å². The fourth-order valence-electron chi connectivity index (χ4n) is 3.21. The van der Waals surface area contributed by atoms with Crippen LogP contribution in [-0.2, 0) is 6.42 Å². The highest BCUT2D eigenvalue weighted by Gasteiger charge is 2.30. The minimum absolute atomic E-state index is 0.268. The van der Waals surface area contributed by atoms with Gasteiger partial charge in [-0.3, -0.25) is 0 Å². The molecule has 0 spiro atoms. The third kappa shape index (κ3) is 3.14. The second-order valence-electron chi connectivity index (χ2n) is 6.36. The Morgan fingerprint density at radius 1 is 1.17 bits per heavy atom. The highest BCUT2D eigenvalue weighted by molar-refractivity contribution is 5.25. The van der Waals surface area contributed by atoms with Crippen molar-refractivity contribution < 1.29 is 5.11 Å². The lowest BCUT2D eigenvalue weighted by atomic mass is 9.87. The molecule has 3 unspecified atom stereocenters. The van der Waals surface area contributed by atoms with Gasteiger partial charge in [0.05, 0.1) is 6.10 Å². The second-order valence-corrected chi connectivity index (χ2v) is 6.36. The van der Waals surface area contributed by atoms with Gasteiger partial charge in [-0.2, -0.15) is 0 Å². The van der Waals surface area contributed by atoms with Crippen LogP contribution in [0.5, 0.6) is 0 Å². The summed E-state index contributed by atoms with van der Waals surface area (Å²) in [5.74, 6) is 1.81. The van der Waals surface area contributed by atoms with E-state index in [1.807, 2.05) is 0 Å². The standard InChI is InChI=1S/C17H26O/c1-12(2)11-14-7-9-15(10-8-14)17(18)16-6-4-5-13(16)3/h7-10,12-13,16-18H,4-6,11H2,1-3H3. The molecule has 1 fully saturated rings. The molecule has 1 N–H and O–H groups in total. The number of hydrogen-bond acceptors (Lipinski definition) is 1. The van der Waals surface area contributed by atoms with Gasteiger partial charge in [-0.05, 0) is 41.7 Å². The maximum absolute atomic E-state index is 10.5. The maximum atomic E-state index is 10.5. The fourth-order valence-corrected chi connectivity index (χ4v) is 3.21. The van der Waals surface area contributed by atoms with Crippen LogP contribution in [0.25, 0.3) is 0 Å². The monoisotopic (exact) mass is 246 g/mol. The lowest BCUT2D eigenvalue weighted by molar-refractivity contribution is 0.0900. The molecule has 0 heterocycles. The third-order valence-corrected chi connectivity index (χ3v) is 4.30. The molecule has 1 aromatic rings.